The first kappa shape index (κ1) is 24.8. The lowest BCUT2D eigenvalue weighted by Crippen LogP contribution is -2.24. The highest BCUT2D eigenvalue weighted by atomic mass is 31.2. The molecule has 0 aliphatic rings. The molecule has 1 aromatic carbocycles. The van der Waals surface area contributed by atoms with Gasteiger partial charge >= 0.3 is 13.8 Å². The summed E-state index contributed by atoms with van der Waals surface area (Å²) in [5.74, 6) is -0.323. The van der Waals surface area contributed by atoms with E-state index in [4.69, 9.17) is 18.3 Å². The fraction of sp³-hybridized carbons (Fsp3) is 0.667. The van der Waals surface area contributed by atoms with Crippen LogP contribution in [0, 0.1) is 5.92 Å². The Kier molecular flexibility index (Phi) is 11.0. The van der Waals surface area contributed by atoms with Crippen molar-refractivity contribution in [3.63, 3.8) is 0 Å². The number of hydrogen-bond acceptors (Lipinski definition) is 6. The van der Waals surface area contributed by atoms with Gasteiger partial charge in [0.1, 0.15) is 0 Å². The second-order valence-electron chi connectivity index (χ2n) is 7.10. The number of carbonyl (C=O) groups is 1. The first-order valence-corrected chi connectivity index (χ1v) is 11.6. The fourth-order valence-corrected chi connectivity index (χ4v) is 3.97. The Labute approximate surface area is 169 Å². The van der Waals surface area contributed by atoms with Crippen molar-refractivity contribution in [1.82, 2.24) is 0 Å². The summed E-state index contributed by atoms with van der Waals surface area (Å²) in [6, 6.07) is 7.98. The van der Waals surface area contributed by atoms with E-state index in [9.17, 15) is 9.36 Å². The third-order valence-corrected chi connectivity index (χ3v) is 5.71. The molecule has 0 heterocycles. The molecule has 0 aliphatic carbocycles. The van der Waals surface area contributed by atoms with Crippen LogP contribution in [0.15, 0.2) is 24.3 Å². The number of phosphoric ester groups is 1. The molecule has 7 heteroatoms. The van der Waals surface area contributed by atoms with Crippen molar-refractivity contribution in [2.75, 3.05) is 13.2 Å². The molecule has 2 atom stereocenters. The summed E-state index contributed by atoms with van der Waals surface area (Å²) in [5.41, 5.74) is 2.10. The molecule has 0 saturated heterocycles. The molecule has 0 N–H and O–H groups in total. The third-order valence-electron chi connectivity index (χ3n) is 4.07. The zero-order chi connectivity index (χ0) is 21.2. The standard InChI is InChI=1S/C21H35O6P/c1-7-10-20(27-28(23,24-8-2)25-9-3)26-21(22)17(6)19-13-11-18(12-14-19)15-16(4)5/h11-14,16-17,20H,7-10,15H2,1-6H3. The van der Waals surface area contributed by atoms with Gasteiger partial charge in [-0.05, 0) is 44.2 Å². The van der Waals surface area contributed by atoms with Crippen molar-refractivity contribution in [1.29, 1.82) is 0 Å². The minimum Gasteiger partial charge on any atom is -0.435 e. The van der Waals surface area contributed by atoms with Gasteiger partial charge in [0, 0.05) is 6.42 Å². The van der Waals surface area contributed by atoms with E-state index in [-0.39, 0.29) is 13.2 Å². The first-order valence-electron chi connectivity index (χ1n) is 10.1. The van der Waals surface area contributed by atoms with Gasteiger partial charge in [0.05, 0.1) is 19.1 Å². The van der Waals surface area contributed by atoms with E-state index in [2.05, 4.69) is 13.8 Å². The molecule has 0 spiro atoms. The molecule has 0 aliphatic heterocycles. The van der Waals surface area contributed by atoms with Crippen molar-refractivity contribution in [2.45, 2.75) is 73.0 Å². The average molecular weight is 414 g/mol. The molecule has 28 heavy (non-hydrogen) atoms. The van der Waals surface area contributed by atoms with Crippen LogP contribution in [0.1, 0.15) is 71.4 Å². The fourth-order valence-electron chi connectivity index (χ4n) is 2.71. The van der Waals surface area contributed by atoms with Crippen LogP contribution in [-0.2, 0) is 34.1 Å². The van der Waals surface area contributed by atoms with Crippen LogP contribution in [0.5, 0.6) is 0 Å². The highest BCUT2D eigenvalue weighted by Gasteiger charge is 2.32. The van der Waals surface area contributed by atoms with E-state index in [0.29, 0.717) is 18.8 Å². The van der Waals surface area contributed by atoms with Crippen LogP contribution in [0.25, 0.3) is 0 Å². The van der Waals surface area contributed by atoms with E-state index in [1.807, 2.05) is 31.2 Å². The lowest BCUT2D eigenvalue weighted by molar-refractivity contribution is -0.168. The van der Waals surface area contributed by atoms with Crippen molar-refractivity contribution in [2.24, 2.45) is 5.92 Å². The minimum absolute atomic E-state index is 0.170. The van der Waals surface area contributed by atoms with Crippen molar-refractivity contribution < 1.29 is 27.7 Å². The van der Waals surface area contributed by atoms with Gasteiger partial charge in [-0.2, -0.15) is 0 Å². The summed E-state index contributed by atoms with van der Waals surface area (Å²) in [7, 11) is -3.76. The smallest absolute Gasteiger partial charge is 0.435 e. The monoisotopic (exact) mass is 414 g/mol. The molecule has 0 fully saturated rings. The molecule has 0 radical (unpaired) electrons. The van der Waals surface area contributed by atoms with Gasteiger partial charge in [0.2, 0.25) is 6.29 Å². The highest BCUT2D eigenvalue weighted by Crippen LogP contribution is 2.51. The Balaban J connectivity index is 2.80. The maximum absolute atomic E-state index is 12.6. The zero-order valence-corrected chi connectivity index (χ0v) is 18.9. The summed E-state index contributed by atoms with van der Waals surface area (Å²) in [6.07, 6.45) is 1.10. The highest BCUT2D eigenvalue weighted by molar-refractivity contribution is 7.48. The Morgan fingerprint density at radius 1 is 1.00 bits per heavy atom. The molecule has 2 unspecified atom stereocenters. The van der Waals surface area contributed by atoms with Crippen molar-refractivity contribution in [3.05, 3.63) is 35.4 Å². The molecule has 160 valence electrons. The second-order valence-corrected chi connectivity index (χ2v) is 8.73. The zero-order valence-electron chi connectivity index (χ0n) is 18.0. The number of rotatable bonds is 13. The second kappa shape index (κ2) is 12.4. The number of carbonyl (C=O) groups excluding carboxylic acids is 1. The summed E-state index contributed by atoms with van der Waals surface area (Å²) < 4.78 is 33.8. The number of ether oxygens (including phenoxy) is 1. The Bertz CT molecular complexity index is 618. The van der Waals surface area contributed by atoms with E-state index in [1.54, 1.807) is 20.8 Å². The average Bonchev–Trinajstić information content (AvgIpc) is 2.61. The largest absolute Gasteiger partial charge is 0.477 e. The van der Waals surface area contributed by atoms with Crippen LogP contribution in [-0.4, -0.2) is 25.5 Å². The lowest BCUT2D eigenvalue weighted by atomic mass is 9.97. The van der Waals surface area contributed by atoms with E-state index >= 15 is 0 Å². The van der Waals surface area contributed by atoms with Crippen molar-refractivity contribution >= 4 is 13.8 Å². The minimum atomic E-state index is -3.76. The SMILES string of the molecule is CCCC(OC(=O)C(C)c1ccc(CC(C)C)cc1)OP(=O)(OCC)OCC. The quantitative estimate of drug-likeness (QED) is 0.229. The number of hydrogen-bond donors (Lipinski definition) is 0. The third kappa shape index (κ3) is 8.44. The molecule has 0 amide bonds. The molecule has 0 bridgehead atoms. The van der Waals surface area contributed by atoms with Crippen LogP contribution in [0.2, 0.25) is 0 Å². The van der Waals surface area contributed by atoms with E-state index < -0.39 is 26.0 Å². The van der Waals surface area contributed by atoms with E-state index in [0.717, 1.165) is 12.0 Å². The molecule has 1 rings (SSSR count). The predicted molar refractivity (Wildman–Crippen MR) is 110 cm³/mol. The summed E-state index contributed by atoms with van der Waals surface area (Å²) in [6.45, 7) is 11.8. The van der Waals surface area contributed by atoms with Crippen LogP contribution >= 0.6 is 7.82 Å². The first-order chi connectivity index (χ1) is 13.2. The van der Waals surface area contributed by atoms with Gasteiger partial charge in [0.15, 0.2) is 0 Å². The van der Waals surface area contributed by atoms with Crippen LogP contribution in [0.4, 0.5) is 0 Å². The maximum Gasteiger partial charge on any atom is 0.477 e. The molecule has 0 saturated carbocycles. The Hall–Kier alpha value is -1.20. The number of benzene rings is 1. The van der Waals surface area contributed by atoms with Gasteiger partial charge in [0.25, 0.3) is 0 Å². The van der Waals surface area contributed by atoms with Gasteiger partial charge in [-0.3, -0.25) is 13.8 Å². The summed E-state index contributed by atoms with van der Waals surface area (Å²) in [5, 5.41) is 0. The lowest BCUT2D eigenvalue weighted by Gasteiger charge is -2.24. The number of phosphoric acid groups is 1. The Morgan fingerprint density at radius 3 is 2.04 bits per heavy atom. The molecule has 1 aromatic rings. The predicted octanol–water partition coefficient (Wildman–Crippen LogP) is 5.86. The molecule has 0 aromatic heterocycles. The van der Waals surface area contributed by atoms with Crippen LogP contribution in [0.3, 0.4) is 0 Å². The molecular weight excluding hydrogens is 379 g/mol. The van der Waals surface area contributed by atoms with Crippen molar-refractivity contribution in [3.8, 4) is 0 Å². The number of esters is 1. The van der Waals surface area contributed by atoms with Crippen LogP contribution < -0.4 is 0 Å². The van der Waals surface area contributed by atoms with Gasteiger partial charge in [-0.1, -0.05) is 51.5 Å². The normalized spacial score (nSPS) is 14.1. The summed E-state index contributed by atoms with van der Waals surface area (Å²) >= 11 is 0. The van der Waals surface area contributed by atoms with Gasteiger partial charge < -0.3 is 4.74 Å². The van der Waals surface area contributed by atoms with Gasteiger partial charge in [-0.15, -0.1) is 0 Å². The van der Waals surface area contributed by atoms with E-state index in [1.165, 1.54) is 5.56 Å². The molecule has 6 nitrogen and oxygen atoms in total. The van der Waals surface area contributed by atoms with Gasteiger partial charge in [-0.25, -0.2) is 9.09 Å². The Morgan fingerprint density at radius 2 is 1.57 bits per heavy atom. The molecular formula is C21H35O6P. The topological polar surface area (TPSA) is 71.1 Å². The summed E-state index contributed by atoms with van der Waals surface area (Å²) in [4.78, 5) is 12.6. The maximum atomic E-state index is 12.6.